The summed E-state index contributed by atoms with van der Waals surface area (Å²) in [4.78, 5) is 11.0. The molecule has 0 fully saturated rings. The van der Waals surface area contributed by atoms with Crippen molar-refractivity contribution in [3.8, 4) is 0 Å². The van der Waals surface area contributed by atoms with Crippen molar-refractivity contribution in [2.75, 3.05) is 6.54 Å². The van der Waals surface area contributed by atoms with Crippen molar-refractivity contribution in [3.63, 3.8) is 0 Å². The highest BCUT2D eigenvalue weighted by Gasteiger charge is 1.93. The minimum atomic E-state index is 0.0251. The van der Waals surface area contributed by atoms with Crippen LogP contribution in [0.4, 0.5) is 0 Å². The monoisotopic (exact) mass is 169 g/mol. The summed E-state index contributed by atoms with van der Waals surface area (Å²) in [5.41, 5.74) is 0. The van der Waals surface area contributed by atoms with Crippen LogP contribution in [0.1, 0.15) is 33.6 Å². The quantitative estimate of drug-likeness (QED) is 0.495. The molecule has 0 saturated heterocycles. The van der Waals surface area contributed by atoms with E-state index in [0.29, 0.717) is 5.92 Å². The highest BCUT2D eigenvalue weighted by atomic mass is 16.1. The van der Waals surface area contributed by atoms with Crippen molar-refractivity contribution in [1.82, 2.24) is 5.32 Å². The van der Waals surface area contributed by atoms with Crippen LogP contribution in [-0.2, 0) is 4.79 Å². The van der Waals surface area contributed by atoms with Gasteiger partial charge in [-0.2, -0.15) is 0 Å². The van der Waals surface area contributed by atoms with Crippen LogP contribution < -0.4 is 5.32 Å². The van der Waals surface area contributed by atoms with Gasteiger partial charge in [-0.1, -0.05) is 33.3 Å². The van der Waals surface area contributed by atoms with Gasteiger partial charge in [0.2, 0.25) is 5.91 Å². The number of amides is 1. The molecule has 0 aromatic heterocycles. The average molecular weight is 169 g/mol. The molecule has 0 aliphatic rings. The molecule has 2 heteroatoms. The van der Waals surface area contributed by atoms with Gasteiger partial charge in [-0.3, -0.25) is 4.79 Å². The highest BCUT2D eigenvalue weighted by molar-refractivity contribution is 5.87. The lowest BCUT2D eigenvalue weighted by atomic mass is 10.2. The first kappa shape index (κ1) is 11.2. The van der Waals surface area contributed by atoms with E-state index >= 15 is 0 Å². The predicted octanol–water partition coefficient (Wildman–Crippen LogP) is 2.11. The number of allylic oxidation sites excluding steroid dienone is 1. The predicted molar refractivity (Wildman–Crippen MR) is 51.9 cm³/mol. The normalized spacial score (nSPS) is 11.0. The Bertz CT molecular complexity index is 150. The molecular weight excluding hydrogens is 150 g/mol. The molecule has 1 amide bonds. The Balaban J connectivity index is 3.46. The second-order valence-electron chi connectivity index (χ2n) is 3.25. The number of hydrogen-bond acceptors (Lipinski definition) is 1. The molecule has 0 atom stereocenters. The topological polar surface area (TPSA) is 29.1 Å². The Labute approximate surface area is 75.0 Å². The summed E-state index contributed by atoms with van der Waals surface area (Å²) >= 11 is 0. The third kappa shape index (κ3) is 7.32. The van der Waals surface area contributed by atoms with Gasteiger partial charge >= 0.3 is 0 Å². The minimum Gasteiger partial charge on any atom is -0.353 e. The van der Waals surface area contributed by atoms with E-state index in [0.717, 1.165) is 19.4 Å². The molecular formula is C10H19NO. The first-order valence-corrected chi connectivity index (χ1v) is 4.62. The number of carbonyl (C=O) groups is 1. The van der Waals surface area contributed by atoms with Crippen molar-refractivity contribution >= 4 is 5.91 Å². The fraction of sp³-hybridized carbons (Fsp3) is 0.700. The van der Waals surface area contributed by atoms with Gasteiger partial charge in [0.1, 0.15) is 0 Å². The van der Waals surface area contributed by atoms with E-state index < -0.39 is 0 Å². The van der Waals surface area contributed by atoms with E-state index in [9.17, 15) is 4.79 Å². The Kier molecular flexibility index (Phi) is 6.44. The van der Waals surface area contributed by atoms with Gasteiger partial charge in [-0.15, -0.1) is 0 Å². The number of nitrogens with one attached hydrogen (secondary N) is 1. The van der Waals surface area contributed by atoms with E-state index in [1.807, 2.05) is 6.08 Å². The smallest absolute Gasteiger partial charge is 0.243 e. The van der Waals surface area contributed by atoms with Crippen LogP contribution in [0.25, 0.3) is 0 Å². The second-order valence-corrected chi connectivity index (χ2v) is 3.25. The fourth-order valence-electron chi connectivity index (χ4n) is 0.727. The van der Waals surface area contributed by atoms with Crippen LogP contribution in [0.15, 0.2) is 12.2 Å². The zero-order valence-electron chi connectivity index (χ0n) is 8.26. The first-order valence-electron chi connectivity index (χ1n) is 4.62. The van der Waals surface area contributed by atoms with Crippen LogP contribution >= 0.6 is 0 Å². The lowest BCUT2D eigenvalue weighted by Gasteiger charge is -1.99. The summed E-state index contributed by atoms with van der Waals surface area (Å²) in [5.74, 6) is 0.471. The molecule has 0 unspecified atom stereocenters. The maximum atomic E-state index is 11.0. The number of unbranched alkanes of at least 4 members (excludes halogenated alkanes) is 1. The van der Waals surface area contributed by atoms with Gasteiger partial charge in [0.15, 0.2) is 0 Å². The molecule has 0 saturated carbocycles. The lowest BCUT2D eigenvalue weighted by molar-refractivity contribution is -0.116. The van der Waals surface area contributed by atoms with Crippen LogP contribution in [0.5, 0.6) is 0 Å². The van der Waals surface area contributed by atoms with Crippen molar-refractivity contribution in [2.24, 2.45) is 5.92 Å². The van der Waals surface area contributed by atoms with Crippen LogP contribution in [0.2, 0.25) is 0 Å². The van der Waals surface area contributed by atoms with Crippen molar-refractivity contribution in [3.05, 3.63) is 12.2 Å². The molecule has 0 aliphatic heterocycles. The summed E-state index contributed by atoms with van der Waals surface area (Å²) in [5, 5.41) is 2.81. The van der Waals surface area contributed by atoms with E-state index in [1.54, 1.807) is 6.08 Å². The molecule has 0 aliphatic carbocycles. The summed E-state index contributed by atoms with van der Waals surface area (Å²) in [6, 6.07) is 0. The second kappa shape index (κ2) is 6.89. The zero-order chi connectivity index (χ0) is 9.40. The van der Waals surface area contributed by atoms with Gasteiger partial charge in [0.25, 0.3) is 0 Å². The molecule has 0 aromatic carbocycles. The maximum Gasteiger partial charge on any atom is 0.243 e. The molecule has 0 bridgehead atoms. The standard InChI is InChI=1S/C10H19NO/c1-4-5-8-11-10(12)7-6-9(2)3/h6-7,9H,4-5,8H2,1-3H3,(H,11,12). The summed E-state index contributed by atoms with van der Waals surface area (Å²) in [7, 11) is 0. The van der Waals surface area contributed by atoms with E-state index in [2.05, 4.69) is 26.1 Å². The van der Waals surface area contributed by atoms with E-state index in [-0.39, 0.29) is 5.91 Å². The van der Waals surface area contributed by atoms with E-state index in [4.69, 9.17) is 0 Å². The van der Waals surface area contributed by atoms with Crippen LogP contribution in [-0.4, -0.2) is 12.5 Å². The Hall–Kier alpha value is -0.790. The van der Waals surface area contributed by atoms with Gasteiger partial charge in [0, 0.05) is 6.54 Å². The highest BCUT2D eigenvalue weighted by Crippen LogP contribution is 1.92. The Morgan fingerprint density at radius 3 is 2.67 bits per heavy atom. The number of hydrogen-bond donors (Lipinski definition) is 1. The summed E-state index contributed by atoms with van der Waals surface area (Å²) in [6.45, 7) is 7.00. The van der Waals surface area contributed by atoms with Crippen molar-refractivity contribution in [1.29, 1.82) is 0 Å². The van der Waals surface area contributed by atoms with Gasteiger partial charge < -0.3 is 5.32 Å². The van der Waals surface area contributed by atoms with E-state index in [1.165, 1.54) is 0 Å². The molecule has 0 spiro atoms. The first-order chi connectivity index (χ1) is 5.66. The molecule has 0 rings (SSSR count). The number of rotatable bonds is 5. The third-order valence-electron chi connectivity index (χ3n) is 1.46. The minimum absolute atomic E-state index is 0.0251. The molecule has 2 nitrogen and oxygen atoms in total. The van der Waals surface area contributed by atoms with Crippen molar-refractivity contribution < 1.29 is 4.79 Å². The summed E-state index contributed by atoms with van der Waals surface area (Å²) in [6.07, 6.45) is 5.69. The van der Waals surface area contributed by atoms with Crippen molar-refractivity contribution in [2.45, 2.75) is 33.6 Å². The zero-order valence-corrected chi connectivity index (χ0v) is 8.26. The fourth-order valence-corrected chi connectivity index (χ4v) is 0.727. The number of carbonyl (C=O) groups excluding carboxylic acids is 1. The largest absolute Gasteiger partial charge is 0.353 e. The maximum absolute atomic E-state index is 11.0. The van der Waals surface area contributed by atoms with Crippen LogP contribution in [0, 0.1) is 5.92 Å². The average Bonchev–Trinajstić information content (AvgIpc) is 2.01. The third-order valence-corrected chi connectivity index (χ3v) is 1.46. The Morgan fingerprint density at radius 1 is 1.50 bits per heavy atom. The van der Waals surface area contributed by atoms with Gasteiger partial charge in [-0.25, -0.2) is 0 Å². The molecule has 0 heterocycles. The summed E-state index contributed by atoms with van der Waals surface area (Å²) < 4.78 is 0. The molecule has 0 aromatic rings. The molecule has 0 radical (unpaired) electrons. The Morgan fingerprint density at radius 2 is 2.17 bits per heavy atom. The van der Waals surface area contributed by atoms with Gasteiger partial charge in [-0.05, 0) is 18.4 Å². The molecule has 1 N–H and O–H groups in total. The lowest BCUT2D eigenvalue weighted by Crippen LogP contribution is -2.21. The van der Waals surface area contributed by atoms with Gasteiger partial charge in [0.05, 0.1) is 0 Å². The van der Waals surface area contributed by atoms with Crippen LogP contribution in [0.3, 0.4) is 0 Å². The molecule has 70 valence electrons. The SMILES string of the molecule is CCCCNC(=O)C=CC(C)C. The molecule has 12 heavy (non-hydrogen) atoms.